The van der Waals surface area contributed by atoms with Gasteiger partial charge >= 0.3 is 0 Å². The van der Waals surface area contributed by atoms with Crippen molar-refractivity contribution in [3.63, 3.8) is 0 Å². The number of rotatable bonds is 3. The van der Waals surface area contributed by atoms with Crippen LogP contribution < -0.4 is 4.90 Å². The fourth-order valence-corrected chi connectivity index (χ4v) is 6.41. The van der Waals surface area contributed by atoms with Crippen LogP contribution in [-0.4, -0.2) is 60.5 Å². The van der Waals surface area contributed by atoms with E-state index in [1.54, 1.807) is 29.1 Å². The van der Waals surface area contributed by atoms with E-state index in [1.165, 1.54) is 6.07 Å². The molecule has 6 nitrogen and oxygen atoms in total. The third kappa shape index (κ3) is 3.41. The van der Waals surface area contributed by atoms with Crippen molar-refractivity contribution in [1.29, 1.82) is 0 Å². The predicted molar refractivity (Wildman–Crippen MR) is 106 cm³/mol. The standard InChI is InChI=1S/C20H28FN3O3S/c1-15-5-6-20(7-8-20)24(28(15,26)27)14-17-3-4-18(13-19(17)21)23-11-9-22(10-12-23)16(2)25/h3-4,13,15H,5-12,14H2,1-2H3/t15-/m1/s1. The molecule has 154 valence electrons. The zero-order valence-corrected chi connectivity index (χ0v) is 17.3. The summed E-state index contributed by atoms with van der Waals surface area (Å²) in [5, 5.41) is -0.404. The molecule has 1 atom stereocenters. The van der Waals surface area contributed by atoms with Gasteiger partial charge in [0.15, 0.2) is 0 Å². The highest BCUT2D eigenvalue weighted by Gasteiger charge is 2.56. The lowest BCUT2D eigenvalue weighted by Gasteiger charge is -2.38. The van der Waals surface area contributed by atoms with Crippen LogP contribution in [0.4, 0.5) is 10.1 Å². The molecule has 8 heteroatoms. The second-order valence-electron chi connectivity index (χ2n) is 8.39. The van der Waals surface area contributed by atoms with Crippen molar-refractivity contribution in [3.05, 3.63) is 29.6 Å². The Morgan fingerprint density at radius 1 is 1.18 bits per heavy atom. The molecular weight excluding hydrogens is 381 g/mol. The molecule has 0 unspecified atom stereocenters. The summed E-state index contributed by atoms with van der Waals surface area (Å²) in [7, 11) is -3.39. The maximum Gasteiger partial charge on any atom is 0.219 e. The molecule has 4 rings (SSSR count). The van der Waals surface area contributed by atoms with E-state index in [4.69, 9.17) is 0 Å². The zero-order valence-electron chi connectivity index (χ0n) is 16.5. The molecule has 0 aromatic heterocycles. The van der Waals surface area contributed by atoms with Gasteiger partial charge in [-0.25, -0.2) is 12.8 Å². The zero-order chi connectivity index (χ0) is 20.1. The average molecular weight is 410 g/mol. The Morgan fingerprint density at radius 2 is 1.86 bits per heavy atom. The van der Waals surface area contributed by atoms with Crippen molar-refractivity contribution >= 4 is 21.6 Å². The number of benzene rings is 1. The van der Waals surface area contributed by atoms with Crippen LogP contribution in [-0.2, 0) is 21.4 Å². The molecular formula is C20H28FN3O3S. The Labute approximate surface area is 166 Å². The Morgan fingerprint density at radius 3 is 2.43 bits per heavy atom. The predicted octanol–water partition coefficient (Wildman–Crippen LogP) is 2.34. The van der Waals surface area contributed by atoms with Gasteiger partial charge in [-0.3, -0.25) is 4.79 Å². The molecule has 2 heterocycles. The lowest BCUT2D eigenvalue weighted by atomic mass is 10.1. The van der Waals surface area contributed by atoms with Crippen LogP contribution in [0.3, 0.4) is 0 Å². The summed E-state index contributed by atoms with van der Waals surface area (Å²) in [6.45, 7) is 6.01. The number of piperazine rings is 1. The molecule has 0 bridgehead atoms. The van der Waals surface area contributed by atoms with Crippen molar-refractivity contribution < 1.29 is 17.6 Å². The largest absolute Gasteiger partial charge is 0.368 e. The molecule has 1 saturated carbocycles. The van der Waals surface area contributed by atoms with Crippen LogP contribution >= 0.6 is 0 Å². The second kappa shape index (κ2) is 6.99. The van der Waals surface area contributed by atoms with Crippen molar-refractivity contribution in [3.8, 4) is 0 Å². The van der Waals surface area contributed by atoms with E-state index in [9.17, 15) is 17.6 Å². The van der Waals surface area contributed by atoms with Crippen molar-refractivity contribution in [1.82, 2.24) is 9.21 Å². The average Bonchev–Trinajstić information content (AvgIpc) is 3.44. The number of nitrogens with zero attached hydrogens (tertiary/aromatic N) is 3. The van der Waals surface area contributed by atoms with Gasteiger partial charge in [0, 0.05) is 56.4 Å². The summed E-state index contributed by atoms with van der Waals surface area (Å²) < 4.78 is 42.1. The minimum absolute atomic E-state index is 0.0622. The first-order chi connectivity index (χ1) is 13.2. The molecule has 0 radical (unpaired) electrons. The maximum atomic E-state index is 14.9. The fraction of sp³-hybridized carbons (Fsp3) is 0.650. The van der Waals surface area contributed by atoms with Crippen molar-refractivity contribution in [2.75, 3.05) is 31.1 Å². The molecule has 28 heavy (non-hydrogen) atoms. The molecule has 2 saturated heterocycles. The van der Waals surface area contributed by atoms with Crippen LogP contribution in [0.25, 0.3) is 0 Å². The van der Waals surface area contributed by atoms with E-state index in [1.807, 2.05) is 6.07 Å². The van der Waals surface area contributed by atoms with Crippen molar-refractivity contribution in [2.24, 2.45) is 0 Å². The van der Waals surface area contributed by atoms with E-state index in [0.717, 1.165) is 24.9 Å². The minimum atomic E-state index is -3.39. The Bertz CT molecular complexity index is 877. The lowest BCUT2D eigenvalue weighted by Crippen LogP contribution is -2.50. The number of halogens is 1. The van der Waals surface area contributed by atoms with Gasteiger partial charge in [-0.1, -0.05) is 6.07 Å². The van der Waals surface area contributed by atoms with Gasteiger partial charge in [-0.15, -0.1) is 0 Å². The van der Waals surface area contributed by atoms with Crippen LogP contribution in [0.5, 0.6) is 0 Å². The Balaban J connectivity index is 1.50. The van der Waals surface area contributed by atoms with Gasteiger partial charge in [0.05, 0.1) is 5.25 Å². The van der Waals surface area contributed by atoms with Gasteiger partial charge in [-0.05, 0) is 44.7 Å². The minimum Gasteiger partial charge on any atom is -0.368 e. The topological polar surface area (TPSA) is 60.9 Å². The normalized spacial score (nSPS) is 26.5. The number of hydrogen-bond acceptors (Lipinski definition) is 4. The van der Waals surface area contributed by atoms with Gasteiger partial charge in [0.2, 0.25) is 15.9 Å². The summed E-state index contributed by atoms with van der Waals surface area (Å²) in [5.74, 6) is -0.303. The highest BCUT2D eigenvalue weighted by Crippen LogP contribution is 2.51. The quantitative estimate of drug-likeness (QED) is 0.769. The fourth-order valence-electron chi connectivity index (χ4n) is 4.43. The summed E-state index contributed by atoms with van der Waals surface area (Å²) in [6, 6.07) is 5.08. The molecule has 3 aliphatic rings. The smallest absolute Gasteiger partial charge is 0.219 e. The SMILES string of the molecule is CC(=O)N1CCN(c2ccc(CN3C4(CC[C@@H](C)S3(=O)=O)CC4)c(F)c2)CC1. The van der Waals surface area contributed by atoms with Crippen LogP contribution in [0, 0.1) is 5.82 Å². The molecule has 3 fully saturated rings. The Kier molecular flexibility index (Phi) is 4.90. The Hall–Kier alpha value is -1.67. The lowest BCUT2D eigenvalue weighted by molar-refractivity contribution is -0.129. The number of amides is 1. The monoisotopic (exact) mass is 409 g/mol. The van der Waals surface area contributed by atoms with Crippen LogP contribution in [0.1, 0.15) is 45.1 Å². The first kappa shape index (κ1) is 19.6. The number of carbonyl (C=O) groups excluding carboxylic acids is 1. The van der Waals surface area contributed by atoms with Crippen LogP contribution in [0.15, 0.2) is 18.2 Å². The van der Waals surface area contributed by atoms with Gasteiger partial charge < -0.3 is 9.80 Å². The molecule has 1 aromatic carbocycles. The van der Waals surface area contributed by atoms with E-state index in [2.05, 4.69) is 4.90 Å². The first-order valence-electron chi connectivity index (χ1n) is 10.0. The highest BCUT2D eigenvalue weighted by molar-refractivity contribution is 7.89. The number of hydrogen-bond donors (Lipinski definition) is 0. The maximum absolute atomic E-state index is 14.9. The summed E-state index contributed by atoms with van der Waals surface area (Å²) in [4.78, 5) is 15.3. The summed E-state index contributed by atoms with van der Waals surface area (Å²) >= 11 is 0. The van der Waals surface area contributed by atoms with Gasteiger partial charge in [0.25, 0.3) is 0 Å². The number of anilines is 1. The van der Waals surface area contributed by atoms with E-state index < -0.39 is 15.3 Å². The summed E-state index contributed by atoms with van der Waals surface area (Å²) in [6.07, 6.45) is 3.30. The third-order valence-electron chi connectivity index (χ3n) is 6.63. The first-order valence-corrected chi connectivity index (χ1v) is 11.5. The molecule has 1 spiro atoms. The third-order valence-corrected chi connectivity index (χ3v) is 9.01. The second-order valence-corrected chi connectivity index (χ2v) is 10.7. The number of sulfonamides is 1. The highest BCUT2D eigenvalue weighted by atomic mass is 32.2. The van der Waals surface area contributed by atoms with E-state index >= 15 is 0 Å². The molecule has 1 aromatic rings. The van der Waals surface area contributed by atoms with Crippen molar-refractivity contribution in [2.45, 2.75) is 56.9 Å². The van der Waals surface area contributed by atoms with Gasteiger partial charge in [0.1, 0.15) is 5.82 Å². The van der Waals surface area contributed by atoms with E-state index in [-0.39, 0.29) is 23.8 Å². The summed E-state index contributed by atoms with van der Waals surface area (Å²) in [5.41, 5.74) is 0.926. The van der Waals surface area contributed by atoms with Gasteiger partial charge in [-0.2, -0.15) is 4.31 Å². The molecule has 1 amide bonds. The molecule has 2 aliphatic heterocycles. The van der Waals surface area contributed by atoms with Crippen LogP contribution in [0.2, 0.25) is 0 Å². The molecule has 1 aliphatic carbocycles. The molecule has 0 N–H and O–H groups in total. The number of carbonyl (C=O) groups is 1. The van der Waals surface area contributed by atoms with E-state index in [0.29, 0.717) is 38.2 Å².